The number of hydrogen-bond donors (Lipinski definition) is 2. The van der Waals surface area contributed by atoms with Gasteiger partial charge in [0, 0.05) is 37.0 Å². The fraction of sp³-hybridized carbons (Fsp3) is 0.238. The monoisotopic (exact) mass is 411 g/mol. The van der Waals surface area contributed by atoms with E-state index in [9.17, 15) is 9.90 Å². The van der Waals surface area contributed by atoms with E-state index in [1.807, 2.05) is 0 Å². The molecule has 0 saturated heterocycles. The van der Waals surface area contributed by atoms with E-state index in [0.717, 1.165) is 0 Å². The molecule has 9 nitrogen and oxygen atoms in total. The summed E-state index contributed by atoms with van der Waals surface area (Å²) in [6.07, 6.45) is 1.28. The Morgan fingerprint density at radius 1 is 1.17 bits per heavy atom. The molecule has 30 heavy (non-hydrogen) atoms. The van der Waals surface area contributed by atoms with Crippen molar-refractivity contribution in [1.82, 2.24) is 9.78 Å². The molecule has 2 N–H and O–H groups in total. The van der Waals surface area contributed by atoms with Gasteiger partial charge in [-0.25, -0.2) is 0 Å². The molecule has 2 heterocycles. The number of rotatable bonds is 7. The molecular weight excluding hydrogens is 390 g/mol. The standard InChI is InChI=1S/C21H21N3O6/c1-13(11-25)29-16-7-14(21(26)22-20-5-6-24(2)23-20)8-17(9-16)30-15-3-4-18-19(10-15)28-12-27-18/h3-10,13,25H,11-12H2,1-2H3,(H,22,23,26)/t13-/m0/s1. The minimum Gasteiger partial charge on any atom is -0.488 e. The van der Waals surface area contributed by atoms with Crippen LogP contribution in [0.3, 0.4) is 0 Å². The fourth-order valence-corrected chi connectivity index (χ4v) is 2.85. The summed E-state index contributed by atoms with van der Waals surface area (Å²) < 4.78 is 23.9. The van der Waals surface area contributed by atoms with Crippen molar-refractivity contribution < 1.29 is 28.8 Å². The molecule has 0 aliphatic carbocycles. The van der Waals surface area contributed by atoms with Gasteiger partial charge in [-0.1, -0.05) is 0 Å². The van der Waals surface area contributed by atoms with Crippen LogP contribution in [0.15, 0.2) is 48.7 Å². The van der Waals surface area contributed by atoms with Crippen LogP contribution in [0.4, 0.5) is 5.82 Å². The molecule has 0 spiro atoms. The highest BCUT2D eigenvalue weighted by molar-refractivity contribution is 6.04. The van der Waals surface area contributed by atoms with Gasteiger partial charge in [0.2, 0.25) is 6.79 Å². The number of fused-ring (bicyclic) bond motifs is 1. The summed E-state index contributed by atoms with van der Waals surface area (Å²) in [6, 6.07) is 11.7. The van der Waals surface area contributed by atoms with Gasteiger partial charge in [0.15, 0.2) is 17.3 Å². The Bertz CT molecular complexity index is 1060. The lowest BCUT2D eigenvalue weighted by atomic mass is 10.2. The van der Waals surface area contributed by atoms with Crippen LogP contribution in [0, 0.1) is 0 Å². The van der Waals surface area contributed by atoms with Crippen LogP contribution >= 0.6 is 0 Å². The molecule has 1 aliphatic rings. The van der Waals surface area contributed by atoms with Gasteiger partial charge < -0.3 is 29.4 Å². The molecule has 156 valence electrons. The molecule has 4 rings (SSSR count). The summed E-state index contributed by atoms with van der Waals surface area (Å²) in [5.74, 6) is 2.59. The van der Waals surface area contributed by atoms with Crippen LogP contribution in [-0.4, -0.2) is 40.3 Å². The van der Waals surface area contributed by atoms with E-state index in [-0.39, 0.29) is 19.3 Å². The number of carbonyl (C=O) groups is 1. The van der Waals surface area contributed by atoms with Crippen molar-refractivity contribution in [3.63, 3.8) is 0 Å². The summed E-state index contributed by atoms with van der Waals surface area (Å²) in [6.45, 7) is 1.72. The van der Waals surface area contributed by atoms with E-state index >= 15 is 0 Å². The second-order valence-corrected chi connectivity index (χ2v) is 6.75. The molecule has 0 unspecified atom stereocenters. The highest BCUT2D eigenvalue weighted by Crippen LogP contribution is 2.37. The first-order valence-corrected chi connectivity index (χ1v) is 9.31. The second-order valence-electron chi connectivity index (χ2n) is 6.75. The van der Waals surface area contributed by atoms with Crippen LogP contribution in [-0.2, 0) is 7.05 Å². The summed E-state index contributed by atoms with van der Waals surface area (Å²) in [7, 11) is 1.76. The SMILES string of the molecule is C[C@@H](CO)Oc1cc(Oc2ccc3c(c2)OCO3)cc(C(=O)Nc2ccn(C)n2)c1. The number of aliphatic hydroxyl groups is 1. The molecule has 1 aliphatic heterocycles. The van der Waals surface area contributed by atoms with Crippen LogP contribution in [0.1, 0.15) is 17.3 Å². The lowest BCUT2D eigenvalue weighted by Gasteiger charge is -2.15. The van der Waals surface area contributed by atoms with Crippen molar-refractivity contribution in [3.05, 3.63) is 54.2 Å². The van der Waals surface area contributed by atoms with Gasteiger partial charge >= 0.3 is 0 Å². The molecule has 9 heteroatoms. The van der Waals surface area contributed by atoms with E-state index in [2.05, 4.69) is 10.4 Å². The quantitative estimate of drug-likeness (QED) is 0.616. The number of amides is 1. The number of nitrogens with zero attached hydrogens (tertiary/aromatic N) is 2. The minimum atomic E-state index is -0.447. The number of hydrogen-bond acceptors (Lipinski definition) is 7. The van der Waals surface area contributed by atoms with Gasteiger partial charge in [0.1, 0.15) is 23.4 Å². The van der Waals surface area contributed by atoms with E-state index < -0.39 is 6.10 Å². The third-order valence-electron chi connectivity index (χ3n) is 4.27. The van der Waals surface area contributed by atoms with Gasteiger partial charge in [0.05, 0.1) is 6.61 Å². The Hall–Kier alpha value is -3.72. The highest BCUT2D eigenvalue weighted by Gasteiger charge is 2.16. The molecule has 0 fully saturated rings. The first kappa shape index (κ1) is 19.6. The molecule has 1 amide bonds. The van der Waals surface area contributed by atoms with Crippen molar-refractivity contribution >= 4 is 11.7 Å². The summed E-state index contributed by atoms with van der Waals surface area (Å²) in [5.41, 5.74) is 0.319. The van der Waals surface area contributed by atoms with Crippen LogP contribution < -0.4 is 24.3 Å². The van der Waals surface area contributed by atoms with Gasteiger partial charge in [-0.15, -0.1) is 0 Å². The molecule has 1 atom stereocenters. The van der Waals surface area contributed by atoms with Gasteiger partial charge in [-0.3, -0.25) is 9.48 Å². The van der Waals surface area contributed by atoms with E-state index in [1.54, 1.807) is 67.3 Å². The smallest absolute Gasteiger partial charge is 0.257 e. The Labute approximate surface area is 172 Å². The number of benzene rings is 2. The molecule has 0 radical (unpaired) electrons. The number of anilines is 1. The fourth-order valence-electron chi connectivity index (χ4n) is 2.85. The number of aliphatic hydroxyl groups excluding tert-OH is 1. The lowest BCUT2D eigenvalue weighted by molar-refractivity contribution is 0.102. The van der Waals surface area contributed by atoms with Crippen molar-refractivity contribution in [2.75, 3.05) is 18.7 Å². The van der Waals surface area contributed by atoms with Gasteiger partial charge in [0.25, 0.3) is 5.91 Å². The van der Waals surface area contributed by atoms with Crippen molar-refractivity contribution in [2.24, 2.45) is 7.05 Å². The van der Waals surface area contributed by atoms with Crippen LogP contribution in [0.25, 0.3) is 0 Å². The Morgan fingerprint density at radius 3 is 2.73 bits per heavy atom. The molecule has 2 aromatic carbocycles. The summed E-state index contributed by atoms with van der Waals surface area (Å²) >= 11 is 0. The van der Waals surface area contributed by atoms with Crippen molar-refractivity contribution in [1.29, 1.82) is 0 Å². The van der Waals surface area contributed by atoms with Gasteiger partial charge in [-0.2, -0.15) is 5.10 Å². The highest BCUT2D eigenvalue weighted by atomic mass is 16.7. The summed E-state index contributed by atoms with van der Waals surface area (Å²) in [5, 5.41) is 16.2. The molecular formula is C21H21N3O6. The maximum atomic E-state index is 12.7. The zero-order valence-corrected chi connectivity index (χ0v) is 16.5. The van der Waals surface area contributed by atoms with E-state index in [0.29, 0.717) is 40.1 Å². The largest absolute Gasteiger partial charge is 0.488 e. The van der Waals surface area contributed by atoms with Crippen molar-refractivity contribution in [2.45, 2.75) is 13.0 Å². The normalized spacial score (nSPS) is 13.0. The van der Waals surface area contributed by atoms with Crippen molar-refractivity contribution in [3.8, 4) is 28.7 Å². The van der Waals surface area contributed by atoms with E-state index in [4.69, 9.17) is 18.9 Å². The second kappa shape index (κ2) is 8.34. The average molecular weight is 411 g/mol. The number of ether oxygens (including phenoxy) is 4. The zero-order chi connectivity index (χ0) is 21.1. The minimum absolute atomic E-state index is 0.164. The lowest BCUT2D eigenvalue weighted by Crippen LogP contribution is -2.17. The zero-order valence-electron chi connectivity index (χ0n) is 16.5. The molecule has 1 aromatic heterocycles. The van der Waals surface area contributed by atoms with Crippen LogP contribution in [0.2, 0.25) is 0 Å². The Kier molecular flexibility index (Phi) is 5.44. The molecule has 0 bridgehead atoms. The first-order chi connectivity index (χ1) is 14.5. The predicted molar refractivity (Wildman–Crippen MR) is 107 cm³/mol. The maximum Gasteiger partial charge on any atom is 0.257 e. The Morgan fingerprint density at radius 2 is 1.97 bits per heavy atom. The topological polar surface area (TPSA) is 104 Å². The Balaban J connectivity index is 1.60. The van der Waals surface area contributed by atoms with Crippen LogP contribution in [0.5, 0.6) is 28.7 Å². The molecule has 3 aromatic rings. The average Bonchev–Trinajstić information content (AvgIpc) is 3.35. The number of nitrogens with one attached hydrogen (secondary N) is 1. The molecule has 0 saturated carbocycles. The number of aryl methyl sites for hydroxylation is 1. The predicted octanol–water partition coefficient (Wildman–Crippen LogP) is 2.95. The third-order valence-corrected chi connectivity index (χ3v) is 4.27. The van der Waals surface area contributed by atoms with E-state index in [1.165, 1.54) is 0 Å². The first-order valence-electron chi connectivity index (χ1n) is 9.31. The summed E-state index contributed by atoms with van der Waals surface area (Å²) in [4.78, 5) is 12.7. The number of aromatic nitrogens is 2. The van der Waals surface area contributed by atoms with Gasteiger partial charge in [-0.05, 0) is 31.2 Å². The number of carbonyl (C=O) groups excluding carboxylic acids is 1. The maximum absolute atomic E-state index is 12.7. The third kappa shape index (κ3) is 4.47.